The van der Waals surface area contributed by atoms with Gasteiger partial charge < -0.3 is 9.64 Å². The number of ether oxygens (including phenoxy) is 1. The van der Waals surface area contributed by atoms with Gasteiger partial charge in [-0.2, -0.15) is 22.7 Å². The van der Waals surface area contributed by atoms with Crippen LogP contribution < -0.4 is 19.9 Å². The Bertz CT molecular complexity index is 943. The molecule has 27 heavy (non-hydrogen) atoms. The Hall–Kier alpha value is -2.14. The molecular weight excluding hydrogens is 383 g/mol. The van der Waals surface area contributed by atoms with E-state index in [1.54, 1.807) is 0 Å². The van der Waals surface area contributed by atoms with Crippen LogP contribution in [0.4, 0.5) is 24.9 Å². The number of fused-ring (bicyclic) bond motifs is 5. The third-order valence-corrected chi connectivity index (χ3v) is 6.13. The van der Waals surface area contributed by atoms with Gasteiger partial charge in [0.2, 0.25) is 17.2 Å². The van der Waals surface area contributed by atoms with Crippen molar-refractivity contribution >= 4 is 23.1 Å². The summed E-state index contributed by atoms with van der Waals surface area (Å²) in [4.78, 5) is 20.3. The standard InChI is InChI=1S/C16H17F3N5O2S/c17-16(18,19)11-1-2-22-14(25)5-12-20-15(22)23(11)6-10-8-27-9-24(10)13-7-26-4-3-21(12)13/h5,8-9,11,13H,1-4,6-7H2/q+1. The number of hydrogen-bond donors (Lipinski definition) is 0. The first-order chi connectivity index (χ1) is 12.9. The van der Waals surface area contributed by atoms with E-state index in [9.17, 15) is 18.0 Å². The molecule has 5 rings (SSSR count). The number of rotatable bonds is 0. The molecule has 0 N–H and O–H groups in total. The van der Waals surface area contributed by atoms with Crippen molar-refractivity contribution in [1.29, 1.82) is 0 Å². The zero-order valence-electron chi connectivity index (χ0n) is 14.2. The Kier molecular flexibility index (Phi) is 3.73. The summed E-state index contributed by atoms with van der Waals surface area (Å²) in [7, 11) is 0. The smallest absolute Gasteiger partial charge is 0.370 e. The Morgan fingerprint density at radius 3 is 2.96 bits per heavy atom. The van der Waals surface area contributed by atoms with Gasteiger partial charge in [0.15, 0.2) is 0 Å². The van der Waals surface area contributed by atoms with Crippen molar-refractivity contribution in [3.05, 3.63) is 33.0 Å². The molecule has 0 aromatic carbocycles. The van der Waals surface area contributed by atoms with Gasteiger partial charge in [0, 0.05) is 19.2 Å². The Morgan fingerprint density at radius 2 is 2.15 bits per heavy atom. The first-order valence-corrected chi connectivity index (χ1v) is 9.63. The number of nitrogens with zero attached hydrogens (tertiary/aromatic N) is 5. The molecule has 0 saturated carbocycles. The van der Waals surface area contributed by atoms with E-state index in [1.165, 1.54) is 26.9 Å². The van der Waals surface area contributed by atoms with Crippen LogP contribution in [0.1, 0.15) is 18.3 Å². The molecule has 1 saturated heterocycles. The van der Waals surface area contributed by atoms with Gasteiger partial charge in [-0.25, -0.2) is 0 Å². The van der Waals surface area contributed by atoms with Crippen LogP contribution in [-0.4, -0.2) is 41.5 Å². The van der Waals surface area contributed by atoms with Crippen molar-refractivity contribution in [1.82, 2.24) is 9.55 Å². The van der Waals surface area contributed by atoms with Gasteiger partial charge in [-0.1, -0.05) is 11.3 Å². The van der Waals surface area contributed by atoms with Gasteiger partial charge in [0.1, 0.15) is 25.0 Å². The number of anilines is 2. The van der Waals surface area contributed by atoms with E-state index in [0.29, 0.717) is 25.6 Å². The molecule has 1 fully saturated rings. The molecule has 11 heteroatoms. The molecule has 7 nitrogen and oxygen atoms in total. The molecule has 0 amide bonds. The van der Waals surface area contributed by atoms with Gasteiger partial charge in [-0.3, -0.25) is 14.3 Å². The summed E-state index contributed by atoms with van der Waals surface area (Å²) in [6.45, 7) is 1.43. The normalized spacial score (nSPS) is 24.6. The average molecular weight is 400 g/mol. The van der Waals surface area contributed by atoms with Crippen LogP contribution in [0, 0.1) is 0 Å². The SMILES string of the molecule is O=c1cc2nc3n1CCC(C(F)(F)F)N3Cc1csc[n+]1C1COCCN21. The summed E-state index contributed by atoms with van der Waals surface area (Å²) < 4.78 is 50.1. The fourth-order valence-electron chi connectivity index (χ4n) is 4.07. The highest BCUT2D eigenvalue weighted by Crippen LogP contribution is 2.36. The van der Waals surface area contributed by atoms with Gasteiger partial charge in [-0.05, 0) is 6.42 Å². The topological polar surface area (TPSA) is 54.5 Å². The van der Waals surface area contributed by atoms with E-state index in [1.807, 2.05) is 20.4 Å². The Morgan fingerprint density at radius 1 is 1.30 bits per heavy atom. The highest BCUT2D eigenvalue weighted by Gasteiger charge is 2.49. The molecule has 3 aliphatic rings. The van der Waals surface area contributed by atoms with E-state index in [0.717, 1.165) is 5.69 Å². The van der Waals surface area contributed by atoms with Crippen molar-refractivity contribution in [2.75, 3.05) is 29.6 Å². The first-order valence-electron chi connectivity index (χ1n) is 8.69. The predicted octanol–water partition coefficient (Wildman–Crippen LogP) is 1.28. The van der Waals surface area contributed by atoms with E-state index in [4.69, 9.17) is 4.74 Å². The molecular formula is C16H17F3N5O2S+. The third kappa shape index (κ3) is 2.63. The fraction of sp³-hybridized carbons (Fsp3) is 0.562. The maximum Gasteiger partial charge on any atom is 0.408 e. The van der Waals surface area contributed by atoms with Gasteiger partial charge in [-0.15, -0.1) is 0 Å². The van der Waals surface area contributed by atoms with Crippen LogP contribution >= 0.6 is 11.3 Å². The van der Waals surface area contributed by atoms with Crippen LogP contribution in [0.2, 0.25) is 0 Å². The van der Waals surface area contributed by atoms with Crippen molar-refractivity contribution in [2.45, 2.75) is 37.9 Å². The molecule has 2 aromatic rings. The molecule has 0 aliphatic carbocycles. The Balaban J connectivity index is 1.75. The lowest BCUT2D eigenvalue weighted by atomic mass is 10.1. The van der Waals surface area contributed by atoms with Gasteiger partial charge >= 0.3 is 6.18 Å². The number of halogens is 3. The van der Waals surface area contributed by atoms with E-state index < -0.39 is 12.2 Å². The lowest BCUT2D eigenvalue weighted by Crippen LogP contribution is -2.57. The second kappa shape index (κ2) is 5.93. The minimum Gasteiger partial charge on any atom is -0.370 e. The second-order valence-corrected chi connectivity index (χ2v) is 7.60. The molecule has 2 bridgehead atoms. The predicted molar refractivity (Wildman–Crippen MR) is 90.9 cm³/mol. The van der Waals surface area contributed by atoms with E-state index in [2.05, 4.69) is 4.98 Å². The third-order valence-electron chi connectivity index (χ3n) is 5.37. The van der Waals surface area contributed by atoms with Crippen LogP contribution in [0.25, 0.3) is 0 Å². The summed E-state index contributed by atoms with van der Waals surface area (Å²) in [5.74, 6) is 0.495. The molecule has 2 aromatic heterocycles. The average Bonchev–Trinajstić information content (AvgIpc) is 3.09. The van der Waals surface area contributed by atoms with Crippen molar-refractivity contribution in [3.63, 3.8) is 0 Å². The number of aromatic nitrogens is 3. The zero-order valence-corrected chi connectivity index (χ0v) is 15.0. The quantitative estimate of drug-likeness (QED) is 0.624. The molecule has 0 spiro atoms. The van der Waals surface area contributed by atoms with Crippen molar-refractivity contribution in [3.8, 4) is 0 Å². The monoisotopic (exact) mass is 400 g/mol. The van der Waals surface area contributed by atoms with E-state index in [-0.39, 0.29) is 37.2 Å². The molecule has 2 atom stereocenters. The largest absolute Gasteiger partial charge is 0.408 e. The van der Waals surface area contributed by atoms with Crippen LogP contribution in [0.15, 0.2) is 21.8 Å². The minimum atomic E-state index is -4.40. The number of thiazole rings is 1. The highest BCUT2D eigenvalue weighted by atomic mass is 32.1. The van der Waals surface area contributed by atoms with Crippen LogP contribution in [0.5, 0.6) is 0 Å². The highest BCUT2D eigenvalue weighted by molar-refractivity contribution is 7.07. The second-order valence-electron chi connectivity index (χ2n) is 6.89. The van der Waals surface area contributed by atoms with Crippen molar-refractivity contribution in [2.24, 2.45) is 0 Å². The number of morpholine rings is 1. The summed E-state index contributed by atoms with van der Waals surface area (Å²) in [6.07, 6.45) is -4.80. The minimum absolute atomic E-state index is 0.0122. The van der Waals surface area contributed by atoms with Crippen molar-refractivity contribution < 1.29 is 22.5 Å². The number of hydrogen-bond acceptors (Lipinski definition) is 6. The Labute approximate surface area is 156 Å². The molecule has 2 unspecified atom stereocenters. The molecule has 0 radical (unpaired) electrons. The summed E-state index contributed by atoms with van der Waals surface area (Å²) in [5.41, 5.74) is 2.31. The molecule has 5 heterocycles. The maximum atomic E-state index is 13.7. The molecule has 144 valence electrons. The lowest BCUT2D eigenvalue weighted by Gasteiger charge is -2.38. The maximum absolute atomic E-state index is 13.7. The van der Waals surface area contributed by atoms with Crippen LogP contribution in [0.3, 0.4) is 0 Å². The summed E-state index contributed by atoms with van der Waals surface area (Å²) >= 11 is 1.44. The van der Waals surface area contributed by atoms with Gasteiger partial charge in [0.25, 0.3) is 11.7 Å². The van der Waals surface area contributed by atoms with Crippen LogP contribution in [-0.2, 0) is 17.8 Å². The van der Waals surface area contributed by atoms with E-state index >= 15 is 0 Å². The molecule has 3 aliphatic heterocycles. The lowest BCUT2D eigenvalue weighted by molar-refractivity contribution is -0.728. The number of alkyl halides is 3. The fourth-order valence-corrected chi connectivity index (χ4v) is 4.89. The first kappa shape index (κ1) is 17.0. The van der Waals surface area contributed by atoms with Gasteiger partial charge in [0.05, 0.1) is 12.0 Å². The summed E-state index contributed by atoms with van der Waals surface area (Å²) in [6, 6.07) is -0.245. The zero-order chi connectivity index (χ0) is 18.8. The summed E-state index contributed by atoms with van der Waals surface area (Å²) in [5, 5.41) is 1.85.